The van der Waals surface area contributed by atoms with Crippen molar-refractivity contribution in [2.45, 2.75) is 13.0 Å². The van der Waals surface area contributed by atoms with Gasteiger partial charge in [0.1, 0.15) is 22.3 Å². The molecule has 6 heteroatoms. The molecule has 0 spiro atoms. The van der Waals surface area contributed by atoms with Crippen molar-refractivity contribution in [1.82, 2.24) is 9.97 Å². The molecule has 0 aliphatic carbocycles. The molecular formula is C13H13FN4S. The normalized spacial score (nSPS) is 11.9. The molecule has 3 N–H and O–H groups in total. The molecule has 98 valence electrons. The van der Waals surface area contributed by atoms with Gasteiger partial charge in [-0.1, -0.05) is 24.4 Å². The van der Waals surface area contributed by atoms with Gasteiger partial charge in [0.2, 0.25) is 0 Å². The molecule has 0 amide bonds. The predicted molar refractivity (Wildman–Crippen MR) is 76.4 cm³/mol. The Morgan fingerprint density at radius 1 is 1.37 bits per heavy atom. The molecule has 2 rings (SSSR count). The van der Waals surface area contributed by atoms with Gasteiger partial charge in [-0.25, -0.2) is 14.4 Å². The van der Waals surface area contributed by atoms with Crippen LogP contribution in [0.25, 0.3) is 0 Å². The van der Waals surface area contributed by atoms with Crippen molar-refractivity contribution in [3.05, 3.63) is 53.7 Å². The van der Waals surface area contributed by atoms with Crippen molar-refractivity contribution in [2.24, 2.45) is 5.73 Å². The fourth-order valence-electron chi connectivity index (χ4n) is 1.61. The third-order valence-electron chi connectivity index (χ3n) is 2.62. The van der Waals surface area contributed by atoms with Crippen molar-refractivity contribution in [3.63, 3.8) is 0 Å². The summed E-state index contributed by atoms with van der Waals surface area (Å²) in [4.78, 5) is 8.44. The molecule has 0 aliphatic heterocycles. The van der Waals surface area contributed by atoms with Gasteiger partial charge in [0.15, 0.2) is 0 Å². The van der Waals surface area contributed by atoms with Crippen LogP contribution >= 0.6 is 12.2 Å². The molecule has 0 saturated heterocycles. The van der Waals surface area contributed by atoms with Crippen LogP contribution in [0, 0.1) is 5.82 Å². The molecule has 0 fully saturated rings. The first-order chi connectivity index (χ1) is 9.06. The summed E-state index contributed by atoms with van der Waals surface area (Å²) in [5, 5.41) is 3.13. The highest BCUT2D eigenvalue weighted by Crippen LogP contribution is 2.17. The minimum Gasteiger partial charge on any atom is -0.388 e. The van der Waals surface area contributed by atoms with E-state index in [0.717, 1.165) is 5.56 Å². The minimum atomic E-state index is -0.263. The maximum absolute atomic E-state index is 13.1. The van der Waals surface area contributed by atoms with Gasteiger partial charge in [0.25, 0.3) is 0 Å². The van der Waals surface area contributed by atoms with E-state index in [4.69, 9.17) is 18.0 Å². The van der Waals surface area contributed by atoms with E-state index in [2.05, 4.69) is 15.3 Å². The Morgan fingerprint density at radius 3 is 2.74 bits per heavy atom. The molecule has 2 aromatic rings. The molecule has 1 atom stereocenters. The Hall–Kier alpha value is -2.08. The largest absolute Gasteiger partial charge is 0.388 e. The van der Waals surface area contributed by atoms with Gasteiger partial charge in [-0.05, 0) is 24.6 Å². The summed E-state index contributed by atoms with van der Waals surface area (Å²) in [5.74, 6) is 0.317. The van der Waals surface area contributed by atoms with Gasteiger partial charge in [-0.2, -0.15) is 0 Å². The molecule has 0 aliphatic rings. The second kappa shape index (κ2) is 5.71. The summed E-state index contributed by atoms with van der Waals surface area (Å²) < 4.78 is 13.1. The lowest BCUT2D eigenvalue weighted by atomic mass is 10.1. The fourth-order valence-corrected chi connectivity index (χ4v) is 1.72. The van der Waals surface area contributed by atoms with Gasteiger partial charge >= 0.3 is 0 Å². The number of hydrogen-bond donors (Lipinski definition) is 2. The average molecular weight is 276 g/mol. The van der Waals surface area contributed by atoms with Crippen LogP contribution in [-0.4, -0.2) is 15.0 Å². The molecule has 1 heterocycles. The smallest absolute Gasteiger partial charge is 0.144 e. The van der Waals surface area contributed by atoms with Crippen LogP contribution in [0.4, 0.5) is 10.2 Å². The van der Waals surface area contributed by atoms with Crippen LogP contribution in [0.5, 0.6) is 0 Å². The number of rotatable bonds is 4. The number of aromatic nitrogens is 2. The third-order valence-corrected chi connectivity index (χ3v) is 2.83. The van der Waals surface area contributed by atoms with Crippen molar-refractivity contribution in [2.75, 3.05) is 5.32 Å². The first kappa shape index (κ1) is 13.4. The predicted octanol–water partition coefficient (Wildman–Crippen LogP) is 2.42. The number of halogens is 1. The summed E-state index contributed by atoms with van der Waals surface area (Å²) >= 11 is 4.80. The van der Waals surface area contributed by atoms with Crippen LogP contribution in [0.15, 0.2) is 36.7 Å². The highest BCUT2D eigenvalue weighted by Gasteiger charge is 2.07. The Balaban J connectivity index is 2.10. The highest BCUT2D eigenvalue weighted by atomic mass is 32.1. The zero-order chi connectivity index (χ0) is 13.8. The van der Waals surface area contributed by atoms with Crippen LogP contribution < -0.4 is 11.1 Å². The first-order valence-electron chi connectivity index (χ1n) is 5.70. The summed E-state index contributed by atoms with van der Waals surface area (Å²) in [7, 11) is 0. The van der Waals surface area contributed by atoms with Crippen molar-refractivity contribution >= 4 is 23.0 Å². The lowest BCUT2D eigenvalue weighted by molar-refractivity contribution is 0.623. The highest BCUT2D eigenvalue weighted by molar-refractivity contribution is 7.80. The Morgan fingerprint density at radius 2 is 2.16 bits per heavy atom. The molecule has 4 nitrogen and oxygen atoms in total. The van der Waals surface area contributed by atoms with Crippen molar-refractivity contribution < 1.29 is 4.39 Å². The number of hydrogen-bond acceptors (Lipinski definition) is 4. The molecule has 1 unspecified atom stereocenters. The Kier molecular flexibility index (Phi) is 4.01. The van der Waals surface area contributed by atoms with Crippen molar-refractivity contribution in [1.29, 1.82) is 0 Å². The number of nitrogens with one attached hydrogen (secondary N) is 1. The maximum Gasteiger partial charge on any atom is 0.144 e. The minimum absolute atomic E-state index is 0.0827. The van der Waals surface area contributed by atoms with Crippen molar-refractivity contribution in [3.8, 4) is 0 Å². The topological polar surface area (TPSA) is 63.8 Å². The second-order valence-corrected chi connectivity index (χ2v) is 4.51. The van der Waals surface area contributed by atoms with Crippen LogP contribution in [0.1, 0.15) is 24.2 Å². The Bertz CT molecular complexity index is 585. The number of anilines is 1. The van der Waals surface area contributed by atoms with E-state index in [0.29, 0.717) is 11.5 Å². The average Bonchev–Trinajstić information content (AvgIpc) is 2.39. The molecular weight excluding hydrogens is 263 g/mol. The number of nitrogens with two attached hydrogens (primary N) is 1. The number of nitrogens with zero attached hydrogens (tertiary/aromatic N) is 2. The van der Waals surface area contributed by atoms with E-state index < -0.39 is 0 Å². The summed E-state index contributed by atoms with van der Waals surface area (Å²) in [6.45, 7) is 1.91. The van der Waals surface area contributed by atoms with Gasteiger partial charge < -0.3 is 11.1 Å². The molecule has 1 aromatic carbocycles. The third kappa shape index (κ3) is 3.45. The molecule has 19 heavy (non-hydrogen) atoms. The number of thiocarbonyl (C=S) groups is 1. The summed E-state index contributed by atoms with van der Waals surface area (Å²) in [6.07, 6.45) is 3.05. The second-order valence-electron chi connectivity index (χ2n) is 4.07. The van der Waals surface area contributed by atoms with E-state index in [1.165, 1.54) is 18.3 Å². The van der Waals surface area contributed by atoms with E-state index in [1.807, 2.05) is 13.0 Å². The lowest BCUT2D eigenvalue weighted by Crippen LogP contribution is -2.13. The fraction of sp³-hybridized carbons (Fsp3) is 0.154. The van der Waals surface area contributed by atoms with E-state index >= 15 is 0 Å². The monoisotopic (exact) mass is 276 g/mol. The number of benzene rings is 1. The van der Waals surface area contributed by atoms with Crippen LogP contribution in [-0.2, 0) is 0 Å². The molecule has 0 radical (unpaired) electrons. The summed E-state index contributed by atoms with van der Waals surface area (Å²) in [5.41, 5.74) is 6.74. The standard InChI is InChI=1S/C13H13FN4S/c1-8(9-3-2-4-10(14)5-9)18-12-7-16-11(6-17-12)13(15)19/h2-8H,1H3,(H2,15,19)(H,17,18). The van der Waals surface area contributed by atoms with Gasteiger partial charge in [0.05, 0.1) is 18.4 Å². The molecule has 0 bridgehead atoms. The lowest BCUT2D eigenvalue weighted by Gasteiger charge is -2.14. The van der Waals surface area contributed by atoms with Gasteiger partial charge in [0, 0.05) is 0 Å². The van der Waals surface area contributed by atoms with Crippen LogP contribution in [0.2, 0.25) is 0 Å². The zero-order valence-corrected chi connectivity index (χ0v) is 11.1. The SMILES string of the molecule is CC(Nc1cnc(C(N)=S)cn1)c1cccc(F)c1. The molecule has 1 aromatic heterocycles. The zero-order valence-electron chi connectivity index (χ0n) is 10.3. The van der Waals surface area contributed by atoms with Gasteiger partial charge in [-0.15, -0.1) is 0 Å². The van der Waals surface area contributed by atoms with Crippen LogP contribution in [0.3, 0.4) is 0 Å². The van der Waals surface area contributed by atoms with Gasteiger partial charge in [-0.3, -0.25) is 0 Å². The quantitative estimate of drug-likeness (QED) is 0.840. The first-order valence-corrected chi connectivity index (χ1v) is 6.11. The van der Waals surface area contributed by atoms with E-state index in [-0.39, 0.29) is 16.8 Å². The molecule has 0 saturated carbocycles. The Labute approximate surface area is 115 Å². The summed E-state index contributed by atoms with van der Waals surface area (Å²) in [6, 6.07) is 6.32. The van der Waals surface area contributed by atoms with E-state index in [1.54, 1.807) is 12.3 Å². The maximum atomic E-state index is 13.1. The van der Waals surface area contributed by atoms with E-state index in [9.17, 15) is 4.39 Å².